The third-order valence-electron chi connectivity index (χ3n) is 3.33. The zero-order chi connectivity index (χ0) is 12.3. The first-order valence-electron chi connectivity index (χ1n) is 6.21. The van der Waals surface area contributed by atoms with Gasteiger partial charge in [0.05, 0.1) is 5.69 Å². The molecule has 0 spiro atoms. The molecule has 0 aliphatic carbocycles. The summed E-state index contributed by atoms with van der Waals surface area (Å²) in [4.78, 5) is 6.76. The van der Waals surface area contributed by atoms with E-state index in [0.29, 0.717) is 5.75 Å². The van der Waals surface area contributed by atoms with Gasteiger partial charge in [-0.05, 0) is 51.5 Å². The van der Waals surface area contributed by atoms with Crippen LogP contribution < -0.4 is 5.32 Å². The summed E-state index contributed by atoms with van der Waals surface area (Å²) in [5.41, 5.74) is 1.76. The Bertz CT molecular complexity index is 381. The summed E-state index contributed by atoms with van der Waals surface area (Å²) in [6.07, 6.45) is 1.23. The van der Waals surface area contributed by atoms with Gasteiger partial charge in [-0.15, -0.1) is 0 Å². The van der Waals surface area contributed by atoms with Crippen molar-refractivity contribution in [2.45, 2.75) is 19.9 Å². The van der Waals surface area contributed by atoms with Crippen LogP contribution in [-0.4, -0.2) is 41.7 Å². The van der Waals surface area contributed by atoms with Crippen molar-refractivity contribution in [3.63, 3.8) is 0 Å². The van der Waals surface area contributed by atoms with E-state index in [1.165, 1.54) is 6.42 Å². The van der Waals surface area contributed by atoms with E-state index < -0.39 is 0 Å². The molecule has 1 atom stereocenters. The molecule has 0 radical (unpaired) electrons. The fourth-order valence-corrected chi connectivity index (χ4v) is 2.44. The summed E-state index contributed by atoms with van der Waals surface area (Å²) in [7, 11) is 2.00. The molecule has 0 aromatic carbocycles. The lowest BCUT2D eigenvalue weighted by Crippen LogP contribution is -2.24. The van der Waals surface area contributed by atoms with Crippen molar-refractivity contribution in [1.29, 1.82) is 0 Å². The third-order valence-corrected chi connectivity index (χ3v) is 3.33. The number of likely N-dealkylation sites (tertiary alicyclic amines) is 1. The lowest BCUT2D eigenvalue weighted by atomic mass is 10.1. The number of rotatable bonds is 4. The highest BCUT2D eigenvalue weighted by Gasteiger charge is 2.22. The van der Waals surface area contributed by atoms with Crippen molar-refractivity contribution in [2.75, 3.05) is 26.7 Å². The Morgan fingerprint density at radius 3 is 3.12 bits per heavy atom. The highest BCUT2D eigenvalue weighted by Crippen LogP contribution is 2.21. The highest BCUT2D eigenvalue weighted by atomic mass is 16.3. The van der Waals surface area contributed by atoms with E-state index in [-0.39, 0.29) is 0 Å². The Kier molecular flexibility index (Phi) is 3.97. The van der Waals surface area contributed by atoms with Gasteiger partial charge in [0.1, 0.15) is 5.75 Å². The molecule has 1 aromatic heterocycles. The second kappa shape index (κ2) is 5.47. The standard InChI is InChI=1S/C13H21N3O/c1-10-3-4-13(17)12(15-10)9-16-6-5-11(8-16)7-14-2/h3-4,11,14,17H,5-9H2,1-2H3. The Labute approximate surface area is 103 Å². The monoisotopic (exact) mass is 235 g/mol. The van der Waals surface area contributed by atoms with Crippen LogP contribution in [0.3, 0.4) is 0 Å². The summed E-state index contributed by atoms with van der Waals surface area (Å²) in [5.74, 6) is 1.04. The average molecular weight is 235 g/mol. The topological polar surface area (TPSA) is 48.4 Å². The van der Waals surface area contributed by atoms with Gasteiger partial charge in [-0.2, -0.15) is 0 Å². The first-order chi connectivity index (χ1) is 8.19. The molecule has 4 nitrogen and oxygen atoms in total. The van der Waals surface area contributed by atoms with Gasteiger partial charge in [0.25, 0.3) is 0 Å². The maximum atomic E-state index is 9.76. The highest BCUT2D eigenvalue weighted by molar-refractivity contribution is 5.27. The number of aryl methyl sites for hydroxylation is 1. The van der Waals surface area contributed by atoms with Crippen molar-refractivity contribution in [1.82, 2.24) is 15.2 Å². The fourth-order valence-electron chi connectivity index (χ4n) is 2.44. The predicted molar refractivity (Wildman–Crippen MR) is 67.9 cm³/mol. The smallest absolute Gasteiger partial charge is 0.138 e. The summed E-state index contributed by atoms with van der Waals surface area (Å²) >= 11 is 0. The fraction of sp³-hybridized carbons (Fsp3) is 0.615. The molecule has 17 heavy (non-hydrogen) atoms. The minimum absolute atomic E-state index is 0.313. The van der Waals surface area contributed by atoms with Gasteiger partial charge in [-0.3, -0.25) is 9.88 Å². The molecule has 1 saturated heterocycles. The maximum absolute atomic E-state index is 9.76. The molecule has 2 heterocycles. The summed E-state index contributed by atoms with van der Waals surface area (Å²) in [5, 5.41) is 13.0. The average Bonchev–Trinajstić information content (AvgIpc) is 2.72. The van der Waals surface area contributed by atoms with Crippen molar-refractivity contribution in [3.05, 3.63) is 23.5 Å². The van der Waals surface area contributed by atoms with E-state index in [2.05, 4.69) is 15.2 Å². The molecule has 1 unspecified atom stereocenters. The van der Waals surface area contributed by atoms with Crippen LogP contribution >= 0.6 is 0 Å². The maximum Gasteiger partial charge on any atom is 0.138 e. The zero-order valence-electron chi connectivity index (χ0n) is 10.6. The molecule has 1 aliphatic rings. The Morgan fingerprint density at radius 2 is 2.35 bits per heavy atom. The van der Waals surface area contributed by atoms with E-state index >= 15 is 0 Å². The normalized spacial score (nSPS) is 20.9. The number of hydrogen-bond acceptors (Lipinski definition) is 4. The molecule has 1 fully saturated rings. The van der Waals surface area contributed by atoms with Gasteiger partial charge in [-0.25, -0.2) is 0 Å². The molecule has 1 aliphatic heterocycles. The van der Waals surface area contributed by atoms with E-state index in [1.54, 1.807) is 6.07 Å². The Hall–Kier alpha value is -1.13. The molecule has 2 N–H and O–H groups in total. The molecule has 2 rings (SSSR count). The lowest BCUT2D eigenvalue weighted by Gasteiger charge is -2.16. The SMILES string of the molecule is CNCC1CCN(Cc2nc(C)ccc2O)C1. The van der Waals surface area contributed by atoms with Crippen LogP contribution in [0.4, 0.5) is 0 Å². The quantitative estimate of drug-likeness (QED) is 0.821. The first-order valence-corrected chi connectivity index (χ1v) is 6.21. The third kappa shape index (κ3) is 3.17. The van der Waals surface area contributed by atoms with Gasteiger partial charge < -0.3 is 10.4 Å². The van der Waals surface area contributed by atoms with E-state index in [9.17, 15) is 5.11 Å². The van der Waals surface area contributed by atoms with Crippen LogP contribution in [0.1, 0.15) is 17.8 Å². The van der Waals surface area contributed by atoms with Crippen molar-refractivity contribution < 1.29 is 5.11 Å². The number of nitrogens with one attached hydrogen (secondary N) is 1. The van der Waals surface area contributed by atoms with Crippen LogP contribution in [0.2, 0.25) is 0 Å². The van der Waals surface area contributed by atoms with Gasteiger partial charge in [-0.1, -0.05) is 0 Å². The Balaban J connectivity index is 1.95. The molecule has 1 aromatic rings. The van der Waals surface area contributed by atoms with Gasteiger partial charge in [0, 0.05) is 18.8 Å². The van der Waals surface area contributed by atoms with Crippen molar-refractivity contribution >= 4 is 0 Å². The zero-order valence-corrected chi connectivity index (χ0v) is 10.6. The largest absolute Gasteiger partial charge is 0.506 e. The van der Waals surface area contributed by atoms with Gasteiger partial charge in [0.15, 0.2) is 0 Å². The first kappa shape index (κ1) is 12.3. The molecule has 0 amide bonds. The molecular formula is C13H21N3O. The summed E-state index contributed by atoms with van der Waals surface area (Å²) in [6, 6.07) is 3.57. The number of pyridine rings is 1. The number of aromatic hydroxyl groups is 1. The summed E-state index contributed by atoms with van der Waals surface area (Å²) < 4.78 is 0. The van der Waals surface area contributed by atoms with E-state index in [0.717, 1.165) is 43.5 Å². The van der Waals surface area contributed by atoms with Gasteiger partial charge in [0.2, 0.25) is 0 Å². The minimum Gasteiger partial charge on any atom is -0.506 e. The Morgan fingerprint density at radius 1 is 1.53 bits per heavy atom. The van der Waals surface area contributed by atoms with Crippen LogP contribution in [0.5, 0.6) is 5.75 Å². The minimum atomic E-state index is 0.313. The molecular weight excluding hydrogens is 214 g/mol. The van der Waals surface area contributed by atoms with Crippen LogP contribution in [0, 0.1) is 12.8 Å². The molecule has 0 saturated carbocycles. The van der Waals surface area contributed by atoms with E-state index in [1.807, 2.05) is 20.0 Å². The van der Waals surface area contributed by atoms with Gasteiger partial charge >= 0.3 is 0 Å². The number of aromatic nitrogens is 1. The number of hydrogen-bond donors (Lipinski definition) is 2. The molecule has 94 valence electrons. The van der Waals surface area contributed by atoms with Crippen LogP contribution in [0.25, 0.3) is 0 Å². The van der Waals surface area contributed by atoms with Crippen LogP contribution in [0.15, 0.2) is 12.1 Å². The second-order valence-corrected chi connectivity index (χ2v) is 4.87. The predicted octanol–water partition coefficient (Wildman–Crippen LogP) is 1.14. The van der Waals surface area contributed by atoms with Crippen molar-refractivity contribution in [2.24, 2.45) is 5.92 Å². The summed E-state index contributed by atoms with van der Waals surface area (Å²) in [6.45, 7) is 5.98. The molecule has 0 bridgehead atoms. The lowest BCUT2D eigenvalue weighted by molar-refractivity contribution is 0.305. The number of nitrogens with zero attached hydrogens (tertiary/aromatic N) is 2. The van der Waals surface area contributed by atoms with E-state index in [4.69, 9.17) is 0 Å². The van der Waals surface area contributed by atoms with Crippen LogP contribution in [-0.2, 0) is 6.54 Å². The van der Waals surface area contributed by atoms with Crippen molar-refractivity contribution in [3.8, 4) is 5.75 Å². The molecule has 4 heteroatoms. The second-order valence-electron chi connectivity index (χ2n) is 4.87.